The number of halogens is 1. The maximum Gasteiger partial charge on any atom is 0.262 e. The summed E-state index contributed by atoms with van der Waals surface area (Å²) in [5, 5.41) is 5.78. The number of anilines is 3. The van der Waals surface area contributed by atoms with Crippen LogP contribution in [0, 0.1) is 5.82 Å². The molecule has 3 aromatic carbocycles. The highest BCUT2D eigenvalue weighted by Gasteiger charge is 2.18. The summed E-state index contributed by atoms with van der Waals surface area (Å²) in [5.74, 6) is -1.47. The number of rotatable bonds is 6. The fourth-order valence-corrected chi connectivity index (χ4v) is 5.03. The van der Waals surface area contributed by atoms with Gasteiger partial charge in [-0.15, -0.1) is 0 Å². The molecule has 0 unspecified atom stereocenters. The highest BCUT2D eigenvalue weighted by atomic mass is 32.2. The van der Waals surface area contributed by atoms with Crippen molar-refractivity contribution in [2.75, 3.05) is 15.4 Å². The number of benzene rings is 3. The Morgan fingerprint density at radius 3 is 2.52 bits per heavy atom. The molecule has 4 rings (SSSR count). The number of sulfonamides is 1. The van der Waals surface area contributed by atoms with Crippen molar-refractivity contribution in [2.45, 2.75) is 11.8 Å². The van der Waals surface area contributed by atoms with Crippen molar-refractivity contribution in [1.29, 1.82) is 0 Å². The van der Waals surface area contributed by atoms with E-state index in [4.69, 9.17) is 0 Å². The molecule has 4 aromatic rings. The molecule has 2 amide bonds. The lowest BCUT2D eigenvalue weighted by Crippen LogP contribution is -2.16. The summed E-state index contributed by atoms with van der Waals surface area (Å²) in [5.41, 5.74) is 1.05. The third-order valence-electron chi connectivity index (χ3n) is 4.45. The first-order chi connectivity index (χ1) is 15.7. The number of aromatic nitrogens is 1. The highest BCUT2D eigenvalue weighted by Crippen LogP contribution is 2.28. The second kappa shape index (κ2) is 8.96. The van der Waals surface area contributed by atoms with Gasteiger partial charge in [-0.1, -0.05) is 29.5 Å². The van der Waals surface area contributed by atoms with Crippen LogP contribution < -0.4 is 15.4 Å². The van der Waals surface area contributed by atoms with E-state index in [1.165, 1.54) is 60.7 Å². The molecule has 0 saturated carbocycles. The predicted molar refractivity (Wildman–Crippen MR) is 126 cm³/mol. The quantitative estimate of drug-likeness (QED) is 0.374. The van der Waals surface area contributed by atoms with Gasteiger partial charge in [0, 0.05) is 18.2 Å². The molecular formula is C22H17FN4O4S2. The lowest BCUT2D eigenvalue weighted by Gasteiger charge is -2.10. The molecule has 11 heteroatoms. The van der Waals surface area contributed by atoms with Crippen molar-refractivity contribution in [2.24, 2.45) is 0 Å². The first-order valence-corrected chi connectivity index (χ1v) is 11.9. The summed E-state index contributed by atoms with van der Waals surface area (Å²) < 4.78 is 42.1. The number of nitrogens with one attached hydrogen (secondary N) is 3. The lowest BCUT2D eigenvalue weighted by molar-refractivity contribution is -0.114. The van der Waals surface area contributed by atoms with Crippen molar-refractivity contribution < 1.29 is 22.4 Å². The van der Waals surface area contributed by atoms with Crippen LogP contribution in [0.4, 0.5) is 20.9 Å². The Hall–Kier alpha value is -3.83. The fraction of sp³-hybridized carbons (Fsp3) is 0.0455. The van der Waals surface area contributed by atoms with E-state index in [2.05, 4.69) is 20.3 Å². The molecule has 168 valence electrons. The highest BCUT2D eigenvalue weighted by molar-refractivity contribution is 7.92. The summed E-state index contributed by atoms with van der Waals surface area (Å²) in [4.78, 5) is 28.0. The molecule has 0 aliphatic carbocycles. The maximum absolute atomic E-state index is 13.8. The fourth-order valence-electron chi connectivity index (χ4n) is 2.96. The molecular weight excluding hydrogens is 467 g/mol. The molecule has 0 atom stereocenters. The minimum Gasteiger partial charge on any atom is -0.322 e. The van der Waals surface area contributed by atoms with Crippen LogP contribution in [0.25, 0.3) is 10.2 Å². The van der Waals surface area contributed by atoms with Crippen LogP contribution in [0.1, 0.15) is 17.3 Å². The molecule has 1 aromatic heterocycles. The van der Waals surface area contributed by atoms with Crippen LogP contribution in [0.3, 0.4) is 0 Å². The zero-order chi connectivity index (χ0) is 23.6. The van der Waals surface area contributed by atoms with E-state index in [1.54, 1.807) is 18.2 Å². The van der Waals surface area contributed by atoms with Crippen molar-refractivity contribution >= 4 is 59.9 Å². The SMILES string of the molecule is CC(=O)Nc1nc2ccc(NC(=O)c3cccc(S(=O)(=O)Nc4ccccc4F)c3)cc2s1. The zero-order valence-corrected chi connectivity index (χ0v) is 18.8. The van der Waals surface area contributed by atoms with Crippen molar-refractivity contribution in [3.05, 3.63) is 78.1 Å². The summed E-state index contributed by atoms with van der Waals surface area (Å²) in [6, 6.07) is 15.9. The Kier molecular flexibility index (Phi) is 6.07. The van der Waals surface area contributed by atoms with Crippen molar-refractivity contribution in [3.63, 3.8) is 0 Å². The lowest BCUT2D eigenvalue weighted by atomic mass is 10.2. The van der Waals surface area contributed by atoms with Gasteiger partial charge in [0.1, 0.15) is 5.82 Å². The third kappa shape index (κ3) is 5.16. The third-order valence-corrected chi connectivity index (χ3v) is 6.75. The standard InChI is InChI=1S/C22H17FN4O4S2/c1-13(28)24-22-26-19-10-9-15(12-20(19)32-22)25-21(29)14-5-4-6-16(11-14)33(30,31)27-18-8-3-2-7-17(18)23/h2-12,27H,1H3,(H,25,29)(H,24,26,28). The molecule has 33 heavy (non-hydrogen) atoms. The van der Waals surface area contributed by atoms with Crippen LogP contribution >= 0.6 is 11.3 Å². The first-order valence-electron chi connectivity index (χ1n) is 9.58. The summed E-state index contributed by atoms with van der Waals surface area (Å²) in [7, 11) is -4.11. The second-order valence-electron chi connectivity index (χ2n) is 6.95. The smallest absolute Gasteiger partial charge is 0.262 e. The van der Waals surface area contributed by atoms with Gasteiger partial charge >= 0.3 is 0 Å². The molecule has 0 aliphatic heterocycles. The van der Waals surface area contributed by atoms with Crippen LogP contribution in [-0.4, -0.2) is 25.2 Å². The van der Waals surface area contributed by atoms with E-state index >= 15 is 0 Å². The van der Waals surface area contributed by atoms with Crippen LogP contribution in [0.15, 0.2) is 71.6 Å². The van der Waals surface area contributed by atoms with Gasteiger partial charge in [-0.2, -0.15) is 0 Å². The number of carbonyl (C=O) groups is 2. The Balaban J connectivity index is 1.54. The number of hydrogen-bond donors (Lipinski definition) is 3. The average molecular weight is 485 g/mol. The van der Waals surface area contributed by atoms with Crippen LogP contribution in [0.2, 0.25) is 0 Å². The Bertz CT molecular complexity index is 1480. The summed E-state index contributed by atoms with van der Waals surface area (Å²) >= 11 is 1.26. The second-order valence-corrected chi connectivity index (χ2v) is 9.66. The number of thiazole rings is 1. The first kappa shape index (κ1) is 22.4. The molecule has 3 N–H and O–H groups in total. The molecule has 1 heterocycles. The van der Waals surface area contributed by atoms with Gasteiger partial charge in [-0.3, -0.25) is 14.3 Å². The zero-order valence-electron chi connectivity index (χ0n) is 17.1. The minimum atomic E-state index is -4.11. The van der Waals surface area contributed by atoms with Gasteiger partial charge in [-0.25, -0.2) is 17.8 Å². The Morgan fingerprint density at radius 2 is 1.76 bits per heavy atom. The molecule has 0 fully saturated rings. The molecule has 0 bridgehead atoms. The maximum atomic E-state index is 13.8. The number of nitrogens with zero attached hydrogens (tertiary/aromatic N) is 1. The normalized spacial score (nSPS) is 11.2. The van der Waals surface area contributed by atoms with Gasteiger partial charge in [0.05, 0.1) is 20.8 Å². The van der Waals surface area contributed by atoms with E-state index in [0.717, 1.165) is 10.8 Å². The molecule has 0 spiro atoms. The predicted octanol–water partition coefficient (Wildman–Crippen LogP) is 4.45. The average Bonchev–Trinajstić information content (AvgIpc) is 3.16. The molecule has 0 aliphatic rings. The number of hydrogen-bond acceptors (Lipinski definition) is 6. The number of carbonyl (C=O) groups excluding carboxylic acids is 2. The molecule has 8 nitrogen and oxygen atoms in total. The monoisotopic (exact) mass is 484 g/mol. The van der Waals surface area contributed by atoms with Gasteiger partial charge < -0.3 is 10.6 Å². The van der Waals surface area contributed by atoms with Gasteiger partial charge in [0.15, 0.2) is 5.13 Å². The van der Waals surface area contributed by atoms with Gasteiger partial charge in [0.25, 0.3) is 15.9 Å². The van der Waals surface area contributed by atoms with E-state index in [0.29, 0.717) is 16.3 Å². The van der Waals surface area contributed by atoms with Crippen LogP contribution in [-0.2, 0) is 14.8 Å². The molecule has 0 radical (unpaired) electrons. The van der Waals surface area contributed by atoms with E-state index < -0.39 is 21.7 Å². The van der Waals surface area contributed by atoms with Crippen molar-refractivity contribution in [3.8, 4) is 0 Å². The number of amides is 2. The molecule has 0 saturated heterocycles. The topological polar surface area (TPSA) is 117 Å². The summed E-state index contributed by atoms with van der Waals surface area (Å²) in [6.07, 6.45) is 0. The van der Waals surface area contributed by atoms with Gasteiger partial charge in [0.2, 0.25) is 5.91 Å². The Morgan fingerprint density at radius 1 is 0.970 bits per heavy atom. The van der Waals surface area contributed by atoms with E-state index in [1.807, 2.05) is 0 Å². The van der Waals surface area contributed by atoms with Crippen LogP contribution in [0.5, 0.6) is 0 Å². The largest absolute Gasteiger partial charge is 0.322 e. The van der Waals surface area contributed by atoms with Crippen molar-refractivity contribution in [1.82, 2.24) is 4.98 Å². The Labute approximate surface area is 192 Å². The van der Waals surface area contributed by atoms with E-state index in [9.17, 15) is 22.4 Å². The summed E-state index contributed by atoms with van der Waals surface area (Å²) in [6.45, 7) is 1.39. The van der Waals surface area contributed by atoms with Gasteiger partial charge in [-0.05, 0) is 48.5 Å². The minimum absolute atomic E-state index is 0.106. The number of para-hydroxylation sites is 1. The number of fused-ring (bicyclic) bond motifs is 1. The van der Waals surface area contributed by atoms with E-state index in [-0.39, 0.29) is 22.1 Å².